The second-order valence-electron chi connectivity index (χ2n) is 7.92. The average molecular weight is 394 g/mol. The molecule has 0 spiro atoms. The van der Waals surface area contributed by atoms with Gasteiger partial charge in [0, 0.05) is 30.9 Å². The standard InChI is InChI=1S/C22H23N3O2S/c1-24-21(26)19-17-4-2-3-10-25(17)18(20(19)22(24)27)8-7-16-6-5-14(12-23-16)15-9-11-28-13-15/h5-9,11-13,17-20H,2-4,10H2,1H3/b8-7+/t17-,18?,19-,20+/m0/s1. The Morgan fingerprint density at radius 2 is 1.96 bits per heavy atom. The number of pyridine rings is 1. The van der Waals surface area contributed by atoms with E-state index >= 15 is 0 Å². The van der Waals surface area contributed by atoms with Gasteiger partial charge in [0.2, 0.25) is 11.8 Å². The molecule has 0 bridgehead atoms. The van der Waals surface area contributed by atoms with Gasteiger partial charge in [0.05, 0.1) is 17.5 Å². The van der Waals surface area contributed by atoms with Crippen LogP contribution in [-0.2, 0) is 9.59 Å². The number of hydrogen-bond acceptors (Lipinski definition) is 5. The van der Waals surface area contributed by atoms with Crippen LogP contribution in [0, 0.1) is 11.8 Å². The van der Waals surface area contributed by atoms with Gasteiger partial charge < -0.3 is 0 Å². The molecular weight excluding hydrogens is 370 g/mol. The van der Waals surface area contributed by atoms with Crippen molar-refractivity contribution in [3.63, 3.8) is 0 Å². The number of nitrogens with zero attached hydrogens (tertiary/aromatic N) is 3. The van der Waals surface area contributed by atoms with Crippen LogP contribution in [0.1, 0.15) is 25.0 Å². The van der Waals surface area contributed by atoms with E-state index in [-0.39, 0.29) is 35.7 Å². The molecule has 3 fully saturated rings. The summed E-state index contributed by atoms with van der Waals surface area (Å²) < 4.78 is 0. The Hall–Kier alpha value is -2.31. The number of piperidine rings is 1. The zero-order valence-corrected chi connectivity index (χ0v) is 16.6. The highest BCUT2D eigenvalue weighted by Crippen LogP contribution is 2.46. The van der Waals surface area contributed by atoms with Gasteiger partial charge in [-0.3, -0.25) is 24.4 Å². The Labute approximate surface area is 168 Å². The molecule has 0 aliphatic carbocycles. The molecule has 0 aromatic carbocycles. The van der Waals surface area contributed by atoms with Crippen LogP contribution in [0.4, 0.5) is 0 Å². The molecule has 5 nitrogen and oxygen atoms in total. The number of aromatic nitrogens is 1. The van der Waals surface area contributed by atoms with Crippen LogP contribution in [0.25, 0.3) is 17.2 Å². The fourth-order valence-corrected chi connectivity index (χ4v) is 5.76. The molecule has 2 amide bonds. The van der Waals surface area contributed by atoms with Crippen LogP contribution in [0.2, 0.25) is 0 Å². The largest absolute Gasteiger partial charge is 0.292 e. The van der Waals surface area contributed by atoms with E-state index < -0.39 is 0 Å². The molecular formula is C22H23N3O2S. The minimum atomic E-state index is -0.248. The van der Waals surface area contributed by atoms with E-state index in [1.165, 1.54) is 10.5 Å². The van der Waals surface area contributed by atoms with Gasteiger partial charge in [0.15, 0.2) is 0 Å². The molecule has 5 rings (SSSR count). The van der Waals surface area contributed by atoms with Gasteiger partial charge in [-0.15, -0.1) is 0 Å². The van der Waals surface area contributed by atoms with E-state index in [0.29, 0.717) is 0 Å². The number of carbonyl (C=O) groups excluding carboxylic acids is 2. The Balaban J connectivity index is 1.41. The van der Waals surface area contributed by atoms with Gasteiger partial charge >= 0.3 is 0 Å². The highest BCUT2D eigenvalue weighted by Gasteiger charge is 2.60. The smallest absolute Gasteiger partial charge is 0.234 e. The predicted octanol–water partition coefficient (Wildman–Crippen LogP) is 3.29. The number of amides is 2. The Morgan fingerprint density at radius 1 is 1.11 bits per heavy atom. The summed E-state index contributed by atoms with van der Waals surface area (Å²) in [7, 11) is 1.63. The van der Waals surface area contributed by atoms with E-state index in [1.807, 2.05) is 18.3 Å². The third-order valence-electron chi connectivity index (χ3n) is 6.48. The Morgan fingerprint density at radius 3 is 2.71 bits per heavy atom. The van der Waals surface area contributed by atoms with E-state index in [2.05, 4.69) is 38.9 Å². The fraction of sp³-hybridized carbons (Fsp3) is 0.409. The molecule has 2 aromatic rings. The number of carbonyl (C=O) groups is 2. The van der Waals surface area contributed by atoms with E-state index in [4.69, 9.17) is 0 Å². The van der Waals surface area contributed by atoms with Gasteiger partial charge in [-0.2, -0.15) is 11.3 Å². The minimum absolute atomic E-state index is 0.000964. The van der Waals surface area contributed by atoms with Gasteiger partial charge in [-0.1, -0.05) is 18.6 Å². The van der Waals surface area contributed by atoms with Gasteiger partial charge in [0.25, 0.3) is 0 Å². The molecule has 144 valence electrons. The lowest BCUT2D eigenvalue weighted by Crippen LogP contribution is -2.45. The zero-order valence-electron chi connectivity index (χ0n) is 15.8. The van der Waals surface area contributed by atoms with Crippen molar-refractivity contribution in [2.75, 3.05) is 13.6 Å². The number of likely N-dealkylation sites (tertiary alicyclic amines) is 1. The van der Waals surface area contributed by atoms with E-state index in [9.17, 15) is 9.59 Å². The summed E-state index contributed by atoms with van der Waals surface area (Å²) in [5, 5.41) is 4.17. The number of rotatable bonds is 3. The maximum Gasteiger partial charge on any atom is 0.234 e. The van der Waals surface area contributed by atoms with Crippen molar-refractivity contribution in [3.8, 4) is 11.1 Å². The summed E-state index contributed by atoms with van der Waals surface area (Å²) in [6, 6.07) is 6.36. The molecule has 3 aliphatic rings. The number of hydrogen-bond donors (Lipinski definition) is 0. The summed E-state index contributed by atoms with van der Waals surface area (Å²) in [5.41, 5.74) is 3.16. The molecule has 0 saturated carbocycles. The molecule has 0 radical (unpaired) electrons. The maximum absolute atomic E-state index is 12.8. The lowest BCUT2D eigenvalue weighted by atomic mass is 9.87. The first-order valence-electron chi connectivity index (χ1n) is 9.89. The molecule has 5 heterocycles. The summed E-state index contributed by atoms with van der Waals surface area (Å²) in [6.07, 6.45) is 9.27. The highest BCUT2D eigenvalue weighted by molar-refractivity contribution is 7.08. The van der Waals surface area contributed by atoms with Crippen molar-refractivity contribution in [2.45, 2.75) is 31.3 Å². The van der Waals surface area contributed by atoms with Gasteiger partial charge in [-0.25, -0.2) is 0 Å². The highest BCUT2D eigenvalue weighted by atomic mass is 32.1. The molecule has 0 N–H and O–H groups in total. The van der Waals surface area contributed by atoms with Crippen LogP contribution in [0.15, 0.2) is 41.2 Å². The number of imide groups is 1. The monoisotopic (exact) mass is 393 g/mol. The summed E-state index contributed by atoms with van der Waals surface area (Å²) in [5.74, 6) is -0.454. The van der Waals surface area contributed by atoms with Crippen molar-refractivity contribution >= 4 is 29.2 Å². The lowest BCUT2D eigenvalue weighted by Gasteiger charge is -2.35. The molecule has 4 atom stereocenters. The van der Waals surface area contributed by atoms with Gasteiger partial charge in [0.1, 0.15) is 0 Å². The first-order chi connectivity index (χ1) is 13.6. The van der Waals surface area contributed by atoms with Crippen molar-refractivity contribution in [3.05, 3.63) is 46.9 Å². The summed E-state index contributed by atoms with van der Waals surface area (Å²) in [4.78, 5) is 33.7. The first-order valence-corrected chi connectivity index (χ1v) is 10.8. The number of thiophene rings is 1. The lowest BCUT2D eigenvalue weighted by molar-refractivity contribution is -0.139. The van der Waals surface area contributed by atoms with Crippen molar-refractivity contribution in [1.29, 1.82) is 0 Å². The Bertz CT molecular complexity index is 922. The second kappa shape index (κ2) is 6.94. The molecule has 28 heavy (non-hydrogen) atoms. The second-order valence-corrected chi connectivity index (χ2v) is 8.70. The number of fused-ring (bicyclic) bond motifs is 3. The zero-order chi connectivity index (χ0) is 19.3. The van der Waals surface area contributed by atoms with Crippen molar-refractivity contribution < 1.29 is 9.59 Å². The first kappa shape index (κ1) is 17.8. The van der Waals surface area contributed by atoms with Crippen LogP contribution >= 0.6 is 11.3 Å². The van der Waals surface area contributed by atoms with Crippen molar-refractivity contribution in [1.82, 2.24) is 14.8 Å². The predicted molar refractivity (Wildman–Crippen MR) is 109 cm³/mol. The molecule has 3 saturated heterocycles. The third kappa shape index (κ3) is 2.74. The SMILES string of the molecule is CN1C(=O)[C@@H]2[C@H](C1=O)C(/C=C/c1ccc(-c3ccsc3)cn1)N1CCCC[C@@H]21. The van der Waals surface area contributed by atoms with Crippen LogP contribution < -0.4 is 0 Å². The average Bonchev–Trinajstić information content (AvgIpc) is 3.42. The van der Waals surface area contributed by atoms with Gasteiger partial charge in [-0.05, 0) is 53.9 Å². The van der Waals surface area contributed by atoms with E-state index in [0.717, 1.165) is 37.1 Å². The normalized spacial score (nSPS) is 30.2. The molecule has 1 unspecified atom stereocenters. The topological polar surface area (TPSA) is 53.5 Å². The quantitative estimate of drug-likeness (QED) is 0.751. The van der Waals surface area contributed by atoms with Crippen LogP contribution in [0.5, 0.6) is 0 Å². The van der Waals surface area contributed by atoms with Crippen LogP contribution in [0.3, 0.4) is 0 Å². The minimum Gasteiger partial charge on any atom is -0.292 e. The van der Waals surface area contributed by atoms with E-state index in [1.54, 1.807) is 18.4 Å². The Kier molecular flexibility index (Phi) is 4.40. The third-order valence-corrected chi connectivity index (χ3v) is 7.16. The van der Waals surface area contributed by atoms with Crippen molar-refractivity contribution in [2.24, 2.45) is 11.8 Å². The maximum atomic E-state index is 12.8. The fourth-order valence-electron chi connectivity index (χ4n) is 5.10. The molecule has 2 aromatic heterocycles. The summed E-state index contributed by atoms with van der Waals surface area (Å²) in [6.45, 7) is 0.960. The van der Waals surface area contributed by atoms with Crippen LogP contribution in [-0.4, -0.2) is 52.3 Å². The molecule has 3 aliphatic heterocycles. The summed E-state index contributed by atoms with van der Waals surface area (Å²) >= 11 is 1.67. The molecule has 6 heteroatoms.